The van der Waals surface area contributed by atoms with Gasteiger partial charge in [0.25, 0.3) is 0 Å². The third-order valence-corrected chi connectivity index (χ3v) is 18.8. The van der Waals surface area contributed by atoms with E-state index in [1.165, 1.54) is 68.9 Å². The molecule has 1 heterocycles. The van der Waals surface area contributed by atoms with Gasteiger partial charge in [-0.3, -0.25) is 19.4 Å². The minimum absolute atomic E-state index is 0.0965. The molecular formula is C50H78FN3O4. The molecule has 5 saturated carbocycles. The van der Waals surface area contributed by atoms with Crippen LogP contribution in [-0.2, 0) is 20.9 Å². The van der Waals surface area contributed by atoms with Crippen LogP contribution in [0.3, 0.4) is 0 Å². The molecule has 1 aromatic rings. The second kappa shape index (κ2) is 16.2. The predicted octanol–water partition coefficient (Wildman–Crippen LogP) is 9.99. The van der Waals surface area contributed by atoms with Gasteiger partial charge in [0.05, 0.1) is 11.8 Å². The molecule has 5 aliphatic carbocycles. The fraction of sp³-hybridized carbons (Fsp3) is 0.800. The van der Waals surface area contributed by atoms with Crippen LogP contribution in [0.2, 0.25) is 0 Å². The number of carbonyl (C=O) groups excluding carboxylic acids is 1. The van der Waals surface area contributed by atoms with E-state index in [4.69, 9.17) is 4.74 Å². The van der Waals surface area contributed by atoms with Gasteiger partial charge in [-0.15, -0.1) is 0 Å². The second-order valence-electron chi connectivity index (χ2n) is 22.5. The highest BCUT2D eigenvalue weighted by atomic mass is 19.1. The summed E-state index contributed by atoms with van der Waals surface area (Å²) >= 11 is 0. The van der Waals surface area contributed by atoms with Crippen molar-refractivity contribution in [2.24, 2.45) is 62.1 Å². The number of benzene rings is 1. The molecule has 7 nitrogen and oxygen atoms in total. The second-order valence-corrected chi connectivity index (χ2v) is 22.5. The van der Waals surface area contributed by atoms with E-state index in [1.54, 1.807) is 26.0 Å². The van der Waals surface area contributed by atoms with Gasteiger partial charge in [0.15, 0.2) is 0 Å². The number of ether oxygens (including phenoxy) is 1. The number of allylic oxidation sites excluding steroid dienone is 1. The first-order valence-corrected chi connectivity index (χ1v) is 23.2. The number of carboxylic acid groups (broad SMARTS) is 1. The Morgan fingerprint density at radius 3 is 2.22 bits per heavy atom. The molecule has 0 bridgehead atoms. The van der Waals surface area contributed by atoms with Crippen LogP contribution < -0.4 is 5.32 Å². The highest BCUT2D eigenvalue weighted by Crippen LogP contribution is 2.78. The average molecular weight is 804 g/mol. The van der Waals surface area contributed by atoms with Crippen LogP contribution >= 0.6 is 0 Å². The van der Waals surface area contributed by atoms with Crippen molar-refractivity contribution in [1.29, 1.82) is 0 Å². The molecule has 8 heteroatoms. The molecule has 7 rings (SSSR count). The molecule has 1 aromatic carbocycles. The molecule has 0 radical (unpaired) electrons. The van der Waals surface area contributed by atoms with Crippen LogP contribution in [0.4, 0.5) is 4.39 Å². The van der Waals surface area contributed by atoms with Gasteiger partial charge in [-0.2, -0.15) is 0 Å². The lowest BCUT2D eigenvalue weighted by atomic mass is 9.32. The van der Waals surface area contributed by atoms with Crippen molar-refractivity contribution in [3.05, 3.63) is 47.8 Å². The van der Waals surface area contributed by atoms with Crippen LogP contribution in [0.25, 0.3) is 0 Å². The Kier molecular flexibility index (Phi) is 12.2. The predicted molar refractivity (Wildman–Crippen MR) is 230 cm³/mol. The fourth-order valence-corrected chi connectivity index (χ4v) is 15.3. The third-order valence-electron chi connectivity index (χ3n) is 18.8. The first kappa shape index (κ1) is 43.8. The van der Waals surface area contributed by atoms with Gasteiger partial charge in [-0.25, -0.2) is 4.39 Å². The molecule has 58 heavy (non-hydrogen) atoms. The summed E-state index contributed by atoms with van der Waals surface area (Å²) in [6.07, 6.45) is 13.3. The maximum absolute atomic E-state index is 13.4. The summed E-state index contributed by atoms with van der Waals surface area (Å²) in [4.78, 5) is 30.0. The molecule has 1 aliphatic heterocycles. The molecular weight excluding hydrogens is 726 g/mol. The molecule has 2 N–H and O–H groups in total. The maximum atomic E-state index is 13.4. The number of carbonyl (C=O) groups is 2. The zero-order chi connectivity index (χ0) is 41.9. The average Bonchev–Trinajstić information content (AvgIpc) is 3.54. The van der Waals surface area contributed by atoms with E-state index in [0.717, 1.165) is 71.1 Å². The molecule has 0 spiro atoms. The Balaban J connectivity index is 0.975. The smallest absolute Gasteiger partial charge is 0.309 e. The first-order valence-electron chi connectivity index (χ1n) is 23.2. The van der Waals surface area contributed by atoms with Crippen molar-refractivity contribution >= 4 is 11.9 Å². The first-order chi connectivity index (χ1) is 27.3. The maximum Gasteiger partial charge on any atom is 0.309 e. The summed E-state index contributed by atoms with van der Waals surface area (Å²) in [5.41, 5.74) is 2.44. The van der Waals surface area contributed by atoms with Crippen LogP contribution in [-0.4, -0.2) is 78.8 Å². The molecule has 10 atom stereocenters. The lowest BCUT2D eigenvalue weighted by molar-refractivity contribution is -0.250. The summed E-state index contributed by atoms with van der Waals surface area (Å²) < 4.78 is 19.6. The van der Waals surface area contributed by atoms with E-state index in [-0.39, 0.29) is 46.0 Å². The number of carboxylic acids is 1. The van der Waals surface area contributed by atoms with Gasteiger partial charge in [0.1, 0.15) is 11.9 Å². The number of hydrogen-bond acceptors (Lipinski definition) is 6. The van der Waals surface area contributed by atoms with Crippen molar-refractivity contribution in [1.82, 2.24) is 15.1 Å². The van der Waals surface area contributed by atoms with Gasteiger partial charge < -0.3 is 15.2 Å². The van der Waals surface area contributed by atoms with E-state index < -0.39 is 11.4 Å². The van der Waals surface area contributed by atoms with Crippen LogP contribution in [0.5, 0.6) is 0 Å². The summed E-state index contributed by atoms with van der Waals surface area (Å²) in [5.74, 6) is 1.67. The largest absolute Gasteiger partial charge is 0.481 e. The summed E-state index contributed by atoms with van der Waals surface area (Å²) in [7, 11) is 0. The fourth-order valence-electron chi connectivity index (χ4n) is 15.3. The molecule has 0 amide bonds. The number of halogens is 1. The zero-order valence-corrected chi connectivity index (χ0v) is 37.6. The number of fused-ring (bicyclic) bond motifs is 7. The number of piperazine rings is 1. The van der Waals surface area contributed by atoms with Gasteiger partial charge >= 0.3 is 11.9 Å². The summed E-state index contributed by atoms with van der Waals surface area (Å²) in [5, 5.41) is 13.6. The normalized spacial score (nSPS) is 38.8. The van der Waals surface area contributed by atoms with Crippen LogP contribution in [0.1, 0.15) is 138 Å². The molecule has 6 fully saturated rings. The van der Waals surface area contributed by atoms with E-state index >= 15 is 0 Å². The van der Waals surface area contributed by atoms with Gasteiger partial charge in [-0.05, 0) is 167 Å². The minimum atomic E-state index is -1.13. The van der Waals surface area contributed by atoms with Crippen LogP contribution in [0.15, 0.2) is 36.4 Å². The number of rotatable bonds is 13. The van der Waals surface area contributed by atoms with Crippen molar-refractivity contribution in [3.63, 3.8) is 0 Å². The van der Waals surface area contributed by atoms with Crippen molar-refractivity contribution in [2.45, 2.75) is 145 Å². The molecule has 0 unspecified atom stereocenters. The lowest BCUT2D eigenvalue weighted by Gasteiger charge is -2.73. The minimum Gasteiger partial charge on any atom is -0.481 e. The quantitative estimate of drug-likeness (QED) is 0.117. The highest BCUT2D eigenvalue weighted by Gasteiger charge is 2.71. The Bertz CT molecular complexity index is 1670. The summed E-state index contributed by atoms with van der Waals surface area (Å²) in [6.45, 7) is 31.3. The van der Waals surface area contributed by atoms with Gasteiger partial charge in [0.2, 0.25) is 0 Å². The number of esters is 1. The standard InChI is InChI=1S/C50H78FN3O4/c1-34(2)37-16-21-50(24-25-52-26-27-53-28-30-54(31-29-53)33-35-10-12-36(51)13-11-35)23-22-48(8)38(43(37)50)14-15-40-47(7)19-18-41(58-42(55)32-45(3,4)44(56)57)46(5,6)39(47)17-20-49(40,48)9/h10-13,37-41,43,52H,1,14-33H2,2-9H3,(H,56,57)/t37-,38+,39-,40+,41-,43+,47-,48+,49+,50+/m0/s1. The third kappa shape index (κ3) is 7.76. The topological polar surface area (TPSA) is 82.1 Å². The monoisotopic (exact) mass is 804 g/mol. The van der Waals surface area contributed by atoms with Crippen LogP contribution in [0, 0.1) is 67.9 Å². The molecule has 6 aliphatic rings. The Morgan fingerprint density at radius 2 is 1.55 bits per heavy atom. The van der Waals surface area contributed by atoms with Gasteiger partial charge in [0, 0.05) is 51.2 Å². The number of nitrogens with zero attached hydrogens (tertiary/aromatic N) is 2. The molecule has 0 aromatic heterocycles. The number of aliphatic carboxylic acids is 1. The lowest BCUT2D eigenvalue weighted by Crippen LogP contribution is -2.66. The van der Waals surface area contributed by atoms with Crippen molar-refractivity contribution in [3.8, 4) is 0 Å². The number of hydrogen-bond donors (Lipinski definition) is 2. The SMILES string of the molecule is C=C(C)[C@@H]1CC[C@]2(CCNCCN3CCN(Cc4ccc(F)cc4)CC3)CC[C@]3(C)[C@H](CC[C@@H]4[C@@]5(C)CC[C@H](OC(=O)CC(C)(C)C(=O)O)C(C)(C)[C@@H]5CC[C@]43C)[C@@H]12. The van der Waals surface area contributed by atoms with Crippen molar-refractivity contribution < 1.29 is 23.8 Å². The van der Waals surface area contributed by atoms with E-state index in [1.807, 2.05) is 12.1 Å². The number of nitrogens with one attached hydrogen (secondary N) is 1. The van der Waals surface area contributed by atoms with Crippen molar-refractivity contribution in [2.75, 3.05) is 45.8 Å². The Labute approximate surface area is 350 Å². The molecule has 1 saturated heterocycles. The van der Waals surface area contributed by atoms with E-state index in [0.29, 0.717) is 29.1 Å². The Morgan fingerprint density at radius 1 is 0.862 bits per heavy atom. The van der Waals surface area contributed by atoms with E-state index in [9.17, 15) is 19.1 Å². The van der Waals surface area contributed by atoms with E-state index in [2.05, 4.69) is 63.2 Å². The molecule has 324 valence electrons. The Hall–Kier alpha value is -2.29. The van der Waals surface area contributed by atoms with Gasteiger partial charge in [-0.1, -0.05) is 58.9 Å². The summed E-state index contributed by atoms with van der Waals surface area (Å²) in [6, 6.07) is 6.96. The zero-order valence-electron chi connectivity index (χ0n) is 37.6. The highest BCUT2D eigenvalue weighted by molar-refractivity contribution is 5.81.